The summed E-state index contributed by atoms with van der Waals surface area (Å²) in [5.41, 5.74) is 7.55. The number of methoxy groups -OCH3 is 1. The van der Waals surface area contributed by atoms with E-state index in [1.807, 2.05) is 25.1 Å². The highest BCUT2D eigenvalue weighted by Gasteiger charge is 2.26. The number of ether oxygens (including phenoxy) is 1. The summed E-state index contributed by atoms with van der Waals surface area (Å²) in [4.78, 5) is 12.3. The summed E-state index contributed by atoms with van der Waals surface area (Å²) in [6.45, 7) is 2.74. The van der Waals surface area contributed by atoms with E-state index in [1.54, 1.807) is 7.11 Å². The Morgan fingerprint density at radius 2 is 2.05 bits per heavy atom. The molecule has 2 rings (SSSR count). The van der Waals surface area contributed by atoms with Crippen LogP contribution in [0.15, 0.2) is 18.2 Å². The first-order valence-electron chi connectivity index (χ1n) is 7.29. The maximum absolute atomic E-state index is 12.3. The van der Waals surface area contributed by atoms with Gasteiger partial charge in [-0.1, -0.05) is 6.07 Å². The standard InChI is InChI=1S/C16H24N2O2/c1-11-3-8-14(15(9-11)20-2)18-16(19)13-6-4-12(10-17)5-7-13/h3,8-9,12-13H,4-7,10,17H2,1-2H3,(H,18,19). The van der Waals surface area contributed by atoms with Gasteiger partial charge in [-0.3, -0.25) is 4.79 Å². The minimum Gasteiger partial charge on any atom is -0.495 e. The van der Waals surface area contributed by atoms with Crippen molar-refractivity contribution in [1.82, 2.24) is 0 Å². The Balaban J connectivity index is 1.98. The van der Waals surface area contributed by atoms with Crippen LogP contribution in [0.25, 0.3) is 0 Å². The summed E-state index contributed by atoms with van der Waals surface area (Å²) >= 11 is 0. The van der Waals surface area contributed by atoms with Crippen LogP contribution in [0.5, 0.6) is 5.75 Å². The number of nitrogens with two attached hydrogens (primary N) is 1. The number of carbonyl (C=O) groups is 1. The normalized spacial score (nSPS) is 22.4. The highest BCUT2D eigenvalue weighted by Crippen LogP contribution is 2.31. The predicted molar refractivity (Wildman–Crippen MR) is 80.9 cm³/mol. The van der Waals surface area contributed by atoms with Crippen LogP contribution >= 0.6 is 0 Å². The molecule has 4 heteroatoms. The average molecular weight is 276 g/mol. The molecule has 3 N–H and O–H groups in total. The van der Waals surface area contributed by atoms with Crippen molar-refractivity contribution in [2.45, 2.75) is 32.6 Å². The van der Waals surface area contributed by atoms with Crippen LogP contribution in [0, 0.1) is 18.8 Å². The van der Waals surface area contributed by atoms with E-state index in [0.29, 0.717) is 11.7 Å². The van der Waals surface area contributed by atoms with Crippen LogP contribution in [0.3, 0.4) is 0 Å². The van der Waals surface area contributed by atoms with Gasteiger partial charge in [0.1, 0.15) is 5.75 Å². The Kier molecular flexibility index (Phi) is 5.01. The zero-order valence-corrected chi connectivity index (χ0v) is 12.3. The molecule has 1 aromatic rings. The summed E-state index contributed by atoms with van der Waals surface area (Å²) in [6, 6.07) is 5.81. The second-order valence-corrected chi connectivity index (χ2v) is 5.65. The maximum atomic E-state index is 12.3. The number of benzene rings is 1. The van der Waals surface area contributed by atoms with Crippen LogP contribution in [0.2, 0.25) is 0 Å². The largest absolute Gasteiger partial charge is 0.495 e. The molecule has 0 bridgehead atoms. The molecule has 0 spiro atoms. The van der Waals surface area contributed by atoms with Crippen molar-refractivity contribution in [2.75, 3.05) is 19.0 Å². The summed E-state index contributed by atoms with van der Waals surface area (Å²) < 4.78 is 5.32. The number of hydrogen-bond acceptors (Lipinski definition) is 3. The van der Waals surface area contributed by atoms with Crippen molar-refractivity contribution in [2.24, 2.45) is 17.6 Å². The fourth-order valence-corrected chi connectivity index (χ4v) is 2.80. The number of anilines is 1. The van der Waals surface area contributed by atoms with E-state index in [-0.39, 0.29) is 11.8 Å². The molecule has 1 fully saturated rings. The van der Waals surface area contributed by atoms with Gasteiger partial charge in [0.25, 0.3) is 0 Å². The highest BCUT2D eigenvalue weighted by molar-refractivity contribution is 5.94. The van der Waals surface area contributed by atoms with E-state index in [1.165, 1.54) is 0 Å². The molecule has 1 aliphatic rings. The second-order valence-electron chi connectivity index (χ2n) is 5.65. The Labute approximate surface area is 120 Å². The molecular weight excluding hydrogens is 252 g/mol. The molecular formula is C16H24N2O2. The van der Waals surface area contributed by atoms with Crippen molar-refractivity contribution in [3.05, 3.63) is 23.8 Å². The maximum Gasteiger partial charge on any atom is 0.227 e. The molecule has 1 aromatic carbocycles. The lowest BCUT2D eigenvalue weighted by atomic mass is 9.81. The van der Waals surface area contributed by atoms with E-state index in [4.69, 9.17) is 10.5 Å². The molecule has 0 unspecified atom stereocenters. The topological polar surface area (TPSA) is 64.3 Å². The third kappa shape index (κ3) is 3.51. The summed E-state index contributed by atoms with van der Waals surface area (Å²) in [6.07, 6.45) is 3.98. The molecule has 0 radical (unpaired) electrons. The first-order valence-corrected chi connectivity index (χ1v) is 7.29. The monoisotopic (exact) mass is 276 g/mol. The van der Waals surface area contributed by atoms with Gasteiger partial charge < -0.3 is 15.8 Å². The SMILES string of the molecule is COc1cc(C)ccc1NC(=O)C1CCC(CN)CC1. The number of hydrogen-bond donors (Lipinski definition) is 2. The predicted octanol–water partition coefficient (Wildman–Crippen LogP) is 2.71. The van der Waals surface area contributed by atoms with Gasteiger partial charge in [0.2, 0.25) is 5.91 Å². The zero-order valence-electron chi connectivity index (χ0n) is 12.3. The van der Waals surface area contributed by atoms with Gasteiger partial charge >= 0.3 is 0 Å². The molecule has 4 nitrogen and oxygen atoms in total. The fourth-order valence-electron chi connectivity index (χ4n) is 2.80. The number of rotatable bonds is 4. The van der Waals surface area contributed by atoms with Gasteiger partial charge in [-0.25, -0.2) is 0 Å². The third-order valence-electron chi connectivity index (χ3n) is 4.17. The molecule has 0 aliphatic heterocycles. The lowest BCUT2D eigenvalue weighted by molar-refractivity contribution is -0.121. The summed E-state index contributed by atoms with van der Waals surface area (Å²) in [5.74, 6) is 1.51. The smallest absolute Gasteiger partial charge is 0.227 e. The van der Waals surface area contributed by atoms with Crippen LogP contribution in [-0.2, 0) is 4.79 Å². The van der Waals surface area contributed by atoms with E-state index in [2.05, 4.69) is 5.32 Å². The Bertz CT molecular complexity index is 466. The van der Waals surface area contributed by atoms with Gasteiger partial charge in [-0.05, 0) is 62.8 Å². The lowest BCUT2D eigenvalue weighted by Crippen LogP contribution is -2.29. The van der Waals surface area contributed by atoms with Crippen molar-refractivity contribution in [3.8, 4) is 5.75 Å². The van der Waals surface area contributed by atoms with E-state index < -0.39 is 0 Å². The van der Waals surface area contributed by atoms with Gasteiger partial charge in [0, 0.05) is 5.92 Å². The highest BCUT2D eigenvalue weighted by atomic mass is 16.5. The number of carbonyl (C=O) groups excluding carboxylic acids is 1. The molecule has 1 saturated carbocycles. The minimum absolute atomic E-state index is 0.0997. The molecule has 110 valence electrons. The van der Waals surface area contributed by atoms with Gasteiger partial charge in [0.05, 0.1) is 12.8 Å². The summed E-state index contributed by atoms with van der Waals surface area (Å²) in [5, 5.41) is 3.00. The van der Waals surface area contributed by atoms with Crippen LogP contribution < -0.4 is 15.8 Å². The van der Waals surface area contributed by atoms with Crippen LogP contribution in [0.4, 0.5) is 5.69 Å². The zero-order chi connectivity index (χ0) is 14.5. The van der Waals surface area contributed by atoms with Crippen molar-refractivity contribution in [1.29, 1.82) is 0 Å². The Hall–Kier alpha value is -1.55. The number of nitrogens with one attached hydrogen (secondary N) is 1. The molecule has 0 atom stereocenters. The quantitative estimate of drug-likeness (QED) is 0.888. The van der Waals surface area contributed by atoms with Crippen LogP contribution in [-0.4, -0.2) is 19.6 Å². The van der Waals surface area contributed by atoms with Crippen molar-refractivity contribution < 1.29 is 9.53 Å². The summed E-state index contributed by atoms with van der Waals surface area (Å²) in [7, 11) is 1.62. The molecule has 0 saturated heterocycles. The molecule has 0 aromatic heterocycles. The van der Waals surface area contributed by atoms with Crippen molar-refractivity contribution >= 4 is 11.6 Å². The molecule has 1 amide bonds. The third-order valence-corrected chi connectivity index (χ3v) is 4.17. The Morgan fingerprint density at radius 1 is 1.35 bits per heavy atom. The molecule has 1 aliphatic carbocycles. The first-order chi connectivity index (χ1) is 9.63. The molecule has 20 heavy (non-hydrogen) atoms. The number of amides is 1. The van der Waals surface area contributed by atoms with Gasteiger partial charge in [0.15, 0.2) is 0 Å². The number of aryl methyl sites for hydroxylation is 1. The average Bonchev–Trinajstić information content (AvgIpc) is 2.49. The van der Waals surface area contributed by atoms with E-state index in [0.717, 1.165) is 43.5 Å². The van der Waals surface area contributed by atoms with Gasteiger partial charge in [-0.15, -0.1) is 0 Å². The van der Waals surface area contributed by atoms with Crippen molar-refractivity contribution in [3.63, 3.8) is 0 Å². The fraction of sp³-hybridized carbons (Fsp3) is 0.562. The molecule has 0 heterocycles. The lowest BCUT2D eigenvalue weighted by Gasteiger charge is -2.27. The minimum atomic E-state index is 0.0997. The van der Waals surface area contributed by atoms with Crippen LogP contribution in [0.1, 0.15) is 31.2 Å². The van der Waals surface area contributed by atoms with Gasteiger partial charge in [-0.2, -0.15) is 0 Å². The van der Waals surface area contributed by atoms with E-state index in [9.17, 15) is 4.79 Å². The second kappa shape index (κ2) is 6.75. The first kappa shape index (κ1) is 14.9. The van der Waals surface area contributed by atoms with E-state index >= 15 is 0 Å². The Morgan fingerprint density at radius 3 is 2.65 bits per heavy atom.